The predicted octanol–water partition coefficient (Wildman–Crippen LogP) is 0.463. The van der Waals surface area contributed by atoms with Gasteiger partial charge in [0.05, 0.1) is 0 Å². The Balaban J connectivity index is 2.86. The Labute approximate surface area is 51.2 Å². The molecule has 0 aromatic rings. The highest BCUT2D eigenvalue weighted by Crippen LogP contribution is 1.95. The maximum atomic E-state index is 5.60. The molecule has 2 nitrogen and oxygen atoms in total. The third-order valence-electron chi connectivity index (χ3n) is 1.30. The molecule has 4 N–H and O–H groups in total. The molecule has 1 atom stereocenters. The molecule has 0 saturated heterocycles. The quantitative estimate of drug-likeness (QED) is 0.560. The summed E-state index contributed by atoms with van der Waals surface area (Å²) in [5.41, 5.74) is 10.9. The van der Waals surface area contributed by atoms with Gasteiger partial charge in [-0.05, 0) is 25.8 Å². The van der Waals surface area contributed by atoms with E-state index in [4.69, 9.17) is 11.5 Å². The second-order valence-electron chi connectivity index (χ2n) is 2.10. The van der Waals surface area contributed by atoms with Gasteiger partial charge in [0.15, 0.2) is 0 Å². The van der Waals surface area contributed by atoms with E-state index >= 15 is 0 Å². The Bertz CT molecular complexity index is 45.8. The van der Waals surface area contributed by atoms with Gasteiger partial charge in [0.2, 0.25) is 0 Å². The van der Waals surface area contributed by atoms with Crippen molar-refractivity contribution in [2.24, 2.45) is 11.5 Å². The number of hydrogen-bond acceptors (Lipinski definition) is 2. The van der Waals surface area contributed by atoms with Crippen molar-refractivity contribution in [1.29, 1.82) is 0 Å². The monoisotopic (exact) mass is 116 g/mol. The first kappa shape index (κ1) is 7.92. The highest BCUT2D eigenvalue weighted by molar-refractivity contribution is 4.57. The van der Waals surface area contributed by atoms with Gasteiger partial charge >= 0.3 is 0 Å². The lowest BCUT2D eigenvalue weighted by atomic mass is 10.1. The second kappa shape index (κ2) is 5.06. The molecule has 50 valence electrons. The van der Waals surface area contributed by atoms with Crippen molar-refractivity contribution in [3.8, 4) is 0 Å². The van der Waals surface area contributed by atoms with Crippen LogP contribution < -0.4 is 11.5 Å². The van der Waals surface area contributed by atoms with Crippen LogP contribution in [0.1, 0.15) is 26.2 Å². The van der Waals surface area contributed by atoms with Crippen LogP contribution in [0.3, 0.4) is 0 Å². The maximum Gasteiger partial charge on any atom is 0.00366 e. The molecule has 0 aromatic heterocycles. The molecule has 0 rings (SSSR count). The van der Waals surface area contributed by atoms with Gasteiger partial charge in [0, 0.05) is 6.04 Å². The lowest BCUT2D eigenvalue weighted by Crippen LogP contribution is -2.19. The minimum absolute atomic E-state index is 0.374. The summed E-state index contributed by atoms with van der Waals surface area (Å²) in [4.78, 5) is 0. The summed E-state index contributed by atoms with van der Waals surface area (Å²) in [6.45, 7) is 2.87. The fourth-order valence-electron chi connectivity index (χ4n) is 0.584. The Kier molecular flexibility index (Phi) is 5.01. The van der Waals surface area contributed by atoms with E-state index in [-0.39, 0.29) is 0 Å². The summed E-state index contributed by atoms with van der Waals surface area (Å²) in [5.74, 6) is 0. The number of hydrogen-bond donors (Lipinski definition) is 2. The molecule has 2 heteroatoms. The summed E-state index contributed by atoms with van der Waals surface area (Å²) >= 11 is 0. The molecule has 8 heavy (non-hydrogen) atoms. The molecule has 0 aliphatic carbocycles. The zero-order valence-electron chi connectivity index (χ0n) is 5.56. The molecule has 0 fully saturated rings. The van der Waals surface area contributed by atoms with Gasteiger partial charge in [-0.3, -0.25) is 0 Å². The number of nitrogens with two attached hydrogens (primary N) is 2. The summed E-state index contributed by atoms with van der Waals surface area (Å²) in [7, 11) is 0. The van der Waals surface area contributed by atoms with Gasteiger partial charge < -0.3 is 11.5 Å². The third kappa shape index (κ3) is 4.09. The van der Waals surface area contributed by atoms with E-state index in [1.807, 2.05) is 0 Å². The van der Waals surface area contributed by atoms with Crippen molar-refractivity contribution in [2.45, 2.75) is 32.2 Å². The zero-order valence-corrected chi connectivity index (χ0v) is 5.56. The second-order valence-corrected chi connectivity index (χ2v) is 2.10. The highest BCUT2D eigenvalue weighted by atomic mass is 14.6. The van der Waals surface area contributed by atoms with Gasteiger partial charge in [-0.25, -0.2) is 0 Å². The molecule has 0 aliphatic rings. The van der Waals surface area contributed by atoms with Gasteiger partial charge in [-0.2, -0.15) is 0 Å². The highest BCUT2D eigenvalue weighted by Gasteiger charge is 1.94. The molecule has 0 spiro atoms. The van der Waals surface area contributed by atoms with Crippen LogP contribution >= 0.6 is 0 Å². The Hall–Kier alpha value is -0.0800. The van der Waals surface area contributed by atoms with E-state index in [1.165, 1.54) is 0 Å². The molecular formula is C6H16N2. The normalized spacial score (nSPS) is 13.9. The van der Waals surface area contributed by atoms with Crippen molar-refractivity contribution in [2.75, 3.05) is 6.54 Å². The van der Waals surface area contributed by atoms with E-state index in [0.717, 1.165) is 25.8 Å². The SMILES string of the molecule is CC[C@H](N)CCCN. The summed E-state index contributed by atoms with van der Waals surface area (Å²) in [6, 6.07) is 0.374. The lowest BCUT2D eigenvalue weighted by molar-refractivity contribution is 0.573. The third-order valence-corrected chi connectivity index (χ3v) is 1.30. The Morgan fingerprint density at radius 2 is 2.12 bits per heavy atom. The first-order valence-electron chi connectivity index (χ1n) is 3.27. The molecule has 0 bridgehead atoms. The fraction of sp³-hybridized carbons (Fsp3) is 1.00. The first-order valence-corrected chi connectivity index (χ1v) is 3.27. The van der Waals surface area contributed by atoms with E-state index in [1.54, 1.807) is 0 Å². The van der Waals surface area contributed by atoms with E-state index in [0.29, 0.717) is 6.04 Å². The molecule has 0 aromatic carbocycles. The standard InChI is InChI=1S/C6H16N2/c1-2-6(8)4-3-5-7/h6H,2-5,7-8H2,1H3/t6-/m0/s1. The average molecular weight is 116 g/mol. The molecular weight excluding hydrogens is 100 g/mol. The molecule has 0 amide bonds. The van der Waals surface area contributed by atoms with Crippen LogP contribution in [-0.2, 0) is 0 Å². The van der Waals surface area contributed by atoms with Gasteiger partial charge in [0.25, 0.3) is 0 Å². The zero-order chi connectivity index (χ0) is 6.41. The average Bonchev–Trinajstić information content (AvgIpc) is 1.83. The van der Waals surface area contributed by atoms with Gasteiger partial charge in [-0.15, -0.1) is 0 Å². The van der Waals surface area contributed by atoms with Gasteiger partial charge in [0.1, 0.15) is 0 Å². The molecule has 0 aliphatic heterocycles. The topological polar surface area (TPSA) is 52.0 Å². The van der Waals surface area contributed by atoms with E-state index < -0.39 is 0 Å². The van der Waals surface area contributed by atoms with Crippen LogP contribution in [0.5, 0.6) is 0 Å². The fourth-order valence-corrected chi connectivity index (χ4v) is 0.584. The van der Waals surface area contributed by atoms with Crippen LogP contribution in [0.4, 0.5) is 0 Å². The van der Waals surface area contributed by atoms with Crippen LogP contribution in [0.25, 0.3) is 0 Å². The predicted molar refractivity (Wildman–Crippen MR) is 36.6 cm³/mol. The number of rotatable bonds is 4. The smallest absolute Gasteiger partial charge is 0.00366 e. The molecule has 0 saturated carbocycles. The van der Waals surface area contributed by atoms with Gasteiger partial charge in [-0.1, -0.05) is 6.92 Å². The van der Waals surface area contributed by atoms with E-state index in [9.17, 15) is 0 Å². The minimum atomic E-state index is 0.374. The van der Waals surface area contributed by atoms with Crippen LogP contribution in [-0.4, -0.2) is 12.6 Å². The Morgan fingerprint density at radius 1 is 1.50 bits per heavy atom. The van der Waals surface area contributed by atoms with Crippen molar-refractivity contribution in [1.82, 2.24) is 0 Å². The summed E-state index contributed by atoms with van der Waals surface area (Å²) in [6.07, 6.45) is 3.21. The minimum Gasteiger partial charge on any atom is -0.330 e. The lowest BCUT2D eigenvalue weighted by Gasteiger charge is -2.04. The van der Waals surface area contributed by atoms with Crippen molar-refractivity contribution in [3.05, 3.63) is 0 Å². The van der Waals surface area contributed by atoms with Crippen molar-refractivity contribution >= 4 is 0 Å². The van der Waals surface area contributed by atoms with Crippen LogP contribution in [0, 0.1) is 0 Å². The van der Waals surface area contributed by atoms with E-state index in [2.05, 4.69) is 6.92 Å². The van der Waals surface area contributed by atoms with Crippen LogP contribution in [0.15, 0.2) is 0 Å². The molecule has 0 heterocycles. The Morgan fingerprint density at radius 3 is 2.50 bits per heavy atom. The summed E-state index contributed by atoms with van der Waals surface area (Å²) in [5, 5.41) is 0. The van der Waals surface area contributed by atoms with Crippen molar-refractivity contribution < 1.29 is 0 Å². The largest absolute Gasteiger partial charge is 0.330 e. The first-order chi connectivity index (χ1) is 3.81. The van der Waals surface area contributed by atoms with Crippen molar-refractivity contribution in [3.63, 3.8) is 0 Å². The maximum absolute atomic E-state index is 5.60. The van der Waals surface area contributed by atoms with Crippen LogP contribution in [0.2, 0.25) is 0 Å². The molecule has 0 radical (unpaired) electrons. The summed E-state index contributed by atoms with van der Waals surface area (Å²) < 4.78 is 0. The molecule has 0 unspecified atom stereocenters.